The fourth-order valence-electron chi connectivity index (χ4n) is 3.85. The van der Waals surface area contributed by atoms with Crippen LogP contribution in [0, 0.1) is 6.92 Å². The Labute approximate surface area is 181 Å². The van der Waals surface area contributed by atoms with E-state index in [-0.39, 0.29) is 18.0 Å². The van der Waals surface area contributed by atoms with Crippen molar-refractivity contribution >= 4 is 34.6 Å². The zero-order chi connectivity index (χ0) is 21.3. The molecule has 6 nitrogen and oxygen atoms in total. The predicted octanol–water partition coefficient (Wildman–Crippen LogP) is 4.25. The molecule has 3 heterocycles. The molecule has 1 fully saturated rings. The molecule has 1 amide bonds. The van der Waals surface area contributed by atoms with Crippen molar-refractivity contribution in [3.63, 3.8) is 0 Å². The maximum absolute atomic E-state index is 11.8. The normalized spacial score (nSPS) is 18.4. The molecule has 3 aromatic rings. The zero-order valence-electron chi connectivity index (χ0n) is 17.3. The van der Waals surface area contributed by atoms with Gasteiger partial charge in [0, 0.05) is 43.4 Å². The molecule has 2 N–H and O–H groups in total. The lowest BCUT2D eigenvalue weighted by Gasteiger charge is -2.28. The average Bonchev–Trinajstić information content (AvgIpc) is 3.32. The summed E-state index contributed by atoms with van der Waals surface area (Å²) in [7, 11) is 2.01. The van der Waals surface area contributed by atoms with E-state index in [2.05, 4.69) is 38.8 Å². The maximum atomic E-state index is 11.8. The highest BCUT2D eigenvalue weighted by atomic mass is 32.1. The lowest BCUT2D eigenvalue weighted by Crippen LogP contribution is -2.29. The summed E-state index contributed by atoms with van der Waals surface area (Å²) in [6.07, 6.45) is 6.41. The number of carbonyl (C=O) groups is 1. The van der Waals surface area contributed by atoms with Crippen LogP contribution in [0.2, 0.25) is 0 Å². The van der Waals surface area contributed by atoms with Crippen molar-refractivity contribution < 1.29 is 4.79 Å². The number of thiocarbonyl (C=S) groups is 1. The smallest absolute Gasteiger partial charge is 0.224 e. The molecule has 0 unspecified atom stereocenters. The summed E-state index contributed by atoms with van der Waals surface area (Å²) in [6.45, 7) is 3.84. The van der Waals surface area contributed by atoms with Crippen molar-refractivity contribution in [3.05, 3.63) is 77.9 Å². The van der Waals surface area contributed by atoms with Crippen LogP contribution < -0.4 is 15.5 Å². The molecule has 1 saturated heterocycles. The highest BCUT2D eigenvalue weighted by Crippen LogP contribution is 2.42. The van der Waals surface area contributed by atoms with Crippen molar-refractivity contribution in [2.24, 2.45) is 7.05 Å². The van der Waals surface area contributed by atoms with E-state index >= 15 is 0 Å². The molecule has 7 heteroatoms. The monoisotopic (exact) mass is 419 g/mol. The van der Waals surface area contributed by atoms with E-state index < -0.39 is 0 Å². The van der Waals surface area contributed by atoms with E-state index in [9.17, 15) is 4.79 Å². The quantitative estimate of drug-likeness (QED) is 0.605. The van der Waals surface area contributed by atoms with Crippen molar-refractivity contribution in [1.29, 1.82) is 0 Å². The van der Waals surface area contributed by atoms with E-state index in [0.29, 0.717) is 11.5 Å². The van der Waals surface area contributed by atoms with E-state index in [1.807, 2.05) is 62.0 Å². The van der Waals surface area contributed by atoms with Gasteiger partial charge in [0.1, 0.15) is 0 Å². The van der Waals surface area contributed by atoms with Gasteiger partial charge >= 0.3 is 0 Å². The Bertz CT molecular complexity index is 1080. The Kier molecular flexibility index (Phi) is 5.55. The summed E-state index contributed by atoms with van der Waals surface area (Å²) < 4.78 is 2.04. The van der Waals surface area contributed by atoms with Crippen molar-refractivity contribution in [2.45, 2.75) is 32.4 Å². The third-order valence-corrected chi connectivity index (χ3v) is 5.69. The number of hydrogen-bond acceptors (Lipinski definition) is 3. The average molecular weight is 420 g/mol. The minimum Gasteiger partial charge on any atom is -0.357 e. The largest absolute Gasteiger partial charge is 0.357 e. The lowest BCUT2D eigenvalue weighted by atomic mass is 9.98. The highest BCUT2D eigenvalue weighted by molar-refractivity contribution is 7.80. The molecule has 1 aromatic carbocycles. The molecular weight excluding hydrogens is 394 g/mol. The second kappa shape index (κ2) is 8.28. The lowest BCUT2D eigenvalue weighted by molar-refractivity contribution is -0.115. The number of benzene rings is 1. The minimum atomic E-state index is -0.0686. The Balaban J connectivity index is 1.74. The minimum absolute atomic E-state index is 0.00147. The summed E-state index contributed by atoms with van der Waals surface area (Å²) in [6, 6.07) is 14.0. The molecular formula is C23H25N5OS. The Morgan fingerprint density at radius 3 is 2.73 bits per heavy atom. The molecule has 0 aliphatic carbocycles. The van der Waals surface area contributed by atoms with Gasteiger partial charge in [-0.25, -0.2) is 0 Å². The van der Waals surface area contributed by atoms with Crippen LogP contribution >= 0.6 is 12.2 Å². The summed E-state index contributed by atoms with van der Waals surface area (Å²) in [5.41, 5.74) is 4.89. The van der Waals surface area contributed by atoms with E-state index in [1.54, 1.807) is 6.20 Å². The van der Waals surface area contributed by atoms with Crippen molar-refractivity contribution in [3.8, 4) is 0 Å². The van der Waals surface area contributed by atoms with Gasteiger partial charge in [0.2, 0.25) is 5.91 Å². The highest BCUT2D eigenvalue weighted by Gasteiger charge is 2.41. The number of rotatable bonds is 5. The van der Waals surface area contributed by atoms with Crippen molar-refractivity contribution in [1.82, 2.24) is 14.9 Å². The second-order valence-corrected chi connectivity index (χ2v) is 7.89. The number of hydrogen-bond donors (Lipinski definition) is 2. The van der Waals surface area contributed by atoms with E-state index in [0.717, 1.165) is 28.2 Å². The molecule has 2 atom stereocenters. The summed E-state index contributed by atoms with van der Waals surface area (Å²) in [5, 5.41) is 7.08. The summed E-state index contributed by atoms with van der Waals surface area (Å²) in [5.74, 6) is 0.00147. The molecule has 0 spiro atoms. The first-order valence-corrected chi connectivity index (χ1v) is 10.4. The standard InChI is InChI=1S/C23H25N5OS/c1-4-20(29)25-18-9-8-17(13-15(18)2)28-22(16-10-12-27(3)14-16)21(26-23(28)30)19-7-5-6-11-24-19/h5-14,21-22H,4H2,1-3H3,(H,25,29)(H,26,30)/t21-,22+/m1/s1. The number of nitrogens with one attached hydrogen (secondary N) is 2. The molecule has 2 aromatic heterocycles. The van der Waals surface area contributed by atoms with Gasteiger partial charge in [-0.1, -0.05) is 13.0 Å². The number of nitrogens with zero attached hydrogens (tertiary/aromatic N) is 3. The first-order valence-electron chi connectivity index (χ1n) is 10.0. The molecule has 0 saturated carbocycles. The predicted molar refractivity (Wildman–Crippen MR) is 123 cm³/mol. The number of amides is 1. The number of carbonyl (C=O) groups excluding carboxylic acids is 1. The Morgan fingerprint density at radius 2 is 2.10 bits per heavy atom. The van der Waals surface area contributed by atoms with Gasteiger partial charge < -0.3 is 20.1 Å². The third kappa shape index (κ3) is 3.80. The molecule has 1 aliphatic rings. The molecule has 0 radical (unpaired) electrons. The zero-order valence-corrected chi connectivity index (χ0v) is 18.1. The van der Waals surface area contributed by atoms with Crippen LogP contribution in [0.3, 0.4) is 0 Å². The van der Waals surface area contributed by atoms with Crippen LogP contribution in [0.5, 0.6) is 0 Å². The van der Waals surface area contributed by atoms with E-state index in [1.165, 1.54) is 0 Å². The van der Waals surface area contributed by atoms with Gasteiger partial charge in [0.15, 0.2) is 5.11 Å². The molecule has 154 valence electrons. The van der Waals surface area contributed by atoms with Gasteiger partial charge in [-0.05, 0) is 66.7 Å². The fraction of sp³-hybridized carbons (Fsp3) is 0.261. The molecule has 30 heavy (non-hydrogen) atoms. The third-order valence-electron chi connectivity index (χ3n) is 5.38. The Hall–Kier alpha value is -3.19. The number of pyridine rings is 1. The maximum Gasteiger partial charge on any atom is 0.224 e. The Morgan fingerprint density at radius 1 is 1.27 bits per heavy atom. The van der Waals surface area contributed by atoms with Crippen molar-refractivity contribution in [2.75, 3.05) is 10.2 Å². The number of aromatic nitrogens is 2. The van der Waals surface area contributed by atoms with Crippen LogP contribution in [-0.2, 0) is 11.8 Å². The van der Waals surface area contributed by atoms with Gasteiger partial charge in [-0.15, -0.1) is 0 Å². The first-order chi connectivity index (χ1) is 14.5. The first kappa shape index (κ1) is 20.1. The molecule has 1 aliphatic heterocycles. The summed E-state index contributed by atoms with van der Waals surface area (Å²) in [4.78, 5) is 18.5. The second-order valence-electron chi connectivity index (χ2n) is 7.51. The van der Waals surface area contributed by atoms with Crippen LogP contribution in [0.4, 0.5) is 11.4 Å². The van der Waals surface area contributed by atoms with Crippen LogP contribution in [0.1, 0.15) is 42.2 Å². The van der Waals surface area contributed by atoms with Crippen LogP contribution in [0.15, 0.2) is 61.1 Å². The molecule has 4 rings (SSSR count). The van der Waals surface area contributed by atoms with E-state index in [4.69, 9.17) is 12.2 Å². The van der Waals surface area contributed by atoms with Crippen LogP contribution in [0.25, 0.3) is 0 Å². The van der Waals surface area contributed by atoms with Gasteiger partial charge in [-0.2, -0.15) is 0 Å². The SMILES string of the molecule is CCC(=O)Nc1ccc(N2C(=S)N[C@H](c3ccccn3)[C@@H]2c2ccn(C)c2)cc1C. The van der Waals surface area contributed by atoms with Gasteiger partial charge in [0.05, 0.1) is 17.8 Å². The summed E-state index contributed by atoms with van der Waals surface area (Å²) >= 11 is 5.76. The number of anilines is 2. The fourth-order valence-corrected chi connectivity index (χ4v) is 4.19. The van der Waals surface area contributed by atoms with Gasteiger partial charge in [0.25, 0.3) is 0 Å². The van der Waals surface area contributed by atoms with Gasteiger partial charge in [-0.3, -0.25) is 9.78 Å². The van der Waals surface area contributed by atoms with Crippen LogP contribution in [-0.4, -0.2) is 20.6 Å². The molecule has 0 bridgehead atoms. The number of aryl methyl sites for hydroxylation is 2. The topological polar surface area (TPSA) is 62.2 Å².